The van der Waals surface area contributed by atoms with E-state index < -0.39 is 0 Å². The highest BCUT2D eigenvalue weighted by Crippen LogP contribution is 2.64. The number of nitrogens with zero attached hydrogens (tertiary/aromatic N) is 3. The Labute approximate surface area is 188 Å². The molecule has 0 aromatic carbocycles. The SMILES string of the molecule is CC.CC1CCC2C(CCC3C2CCC2(C)C(C(=O)Cn4cc(C#N)cn4)CC[C@@H]32)C1. The Bertz CT molecular complexity index is 823. The highest BCUT2D eigenvalue weighted by Gasteiger charge is 2.58. The Morgan fingerprint density at radius 1 is 1.13 bits per heavy atom. The first-order valence-corrected chi connectivity index (χ1v) is 12.9. The molecule has 4 nitrogen and oxygen atoms in total. The molecule has 0 saturated heterocycles. The number of ketones is 1. The van der Waals surface area contributed by atoms with E-state index in [0.717, 1.165) is 41.9 Å². The van der Waals surface area contributed by atoms with Crippen molar-refractivity contribution in [2.24, 2.45) is 46.8 Å². The lowest BCUT2D eigenvalue weighted by atomic mass is 9.49. The van der Waals surface area contributed by atoms with E-state index in [4.69, 9.17) is 5.26 Å². The molecule has 170 valence electrons. The standard InChI is InChI=1S/C25H35N3O.C2H6/c1-16-3-5-19-18(11-16)4-6-21-20(19)9-10-25(2)22(21)7-8-23(25)24(29)15-28-14-17(12-26)13-27-28;1-2/h13-14,16,18-23H,3-11,15H2,1-2H3;1-2H3/t16?,18?,19?,20?,21?,22-,23?,25?;/m0./s1. The normalized spacial score (nSPS) is 41.1. The fourth-order valence-electron chi connectivity index (χ4n) is 8.39. The molecule has 7 unspecified atom stereocenters. The number of hydrogen-bond donors (Lipinski definition) is 0. The Morgan fingerprint density at radius 2 is 1.90 bits per heavy atom. The number of Topliss-reactive ketones (excluding diaryl/α,β-unsaturated/α-hetero) is 1. The van der Waals surface area contributed by atoms with Crippen LogP contribution in [0.1, 0.15) is 91.0 Å². The van der Waals surface area contributed by atoms with Gasteiger partial charge in [0.05, 0.1) is 18.3 Å². The van der Waals surface area contributed by atoms with E-state index in [-0.39, 0.29) is 11.3 Å². The average Bonchev–Trinajstić information content (AvgIpc) is 3.38. The lowest BCUT2D eigenvalue weighted by Crippen LogP contribution is -2.49. The number of aromatic nitrogens is 2. The second kappa shape index (κ2) is 9.08. The Balaban J connectivity index is 0.00000112. The van der Waals surface area contributed by atoms with Crippen LogP contribution in [-0.4, -0.2) is 15.6 Å². The van der Waals surface area contributed by atoms with Crippen LogP contribution in [0, 0.1) is 58.2 Å². The number of nitriles is 1. The van der Waals surface area contributed by atoms with E-state index in [0.29, 0.717) is 17.9 Å². The lowest BCUT2D eigenvalue weighted by molar-refractivity contribution is -0.131. The molecule has 5 rings (SSSR count). The van der Waals surface area contributed by atoms with Crippen LogP contribution in [0.2, 0.25) is 0 Å². The molecule has 4 aliphatic carbocycles. The van der Waals surface area contributed by atoms with Crippen molar-refractivity contribution in [2.75, 3.05) is 0 Å². The van der Waals surface area contributed by atoms with Gasteiger partial charge in [0, 0.05) is 12.1 Å². The minimum absolute atomic E-state index is 0.173. The minimum Gasteiger partial charge on any atom is -0.297 e. The van der Waals surface area contributed by atoms with Gasteiger partial charge in [0.25, 0.3) is 0 Å². The van der Waals surface area contributed by atoms with Crippen LogP contribution >= 0.6 is 0 Å². The average molecular weight is 424 g/mol. The molecule has 1 heterocycles. The molecule has 4 saturated carbocycles. The second-order valence-electron chi connectivity index (χ2n) is 11.0. The van der Waals surface area contributed by atoms with Crippen LogP contribution in [0.25, 0.3) is 0 Å². The van der Waals surface area contributed by atoms with Crippen molar-refractivity contribution in [2.45, 2.75) is 92.0 Å². The maximum Gasteiger partial charge on any atom is 0.157 e. The molecule has 31 heavy (non-hydrogen) atoms. The third-order valence-electron chi connectivity index (χ3n) is 9.69. The van der Waals surface area contributed by atoms with E-state index in [2.05, 4.69) is 25.0 Å². The topological polar surface area (TPSA) is 58.7 Å². The Kier molecular flexibility index (Phi) is 6.61. The van der Waals surface area contributed by atoms with E-state index in [9.17, 15) is 4.79 Å². The summed E-state index contributed by atoms with van der Waals surface area (Å²) >= 11 is 0. The smallest absolute Gasteiger partial charge is 0.157 e. The van der Waals surface area contributed by atoms with Gasteiger partial charge in [0.15, 0.2) is 5.78 Å². The maximum atomic E-state index is 13.3. The predicted octanol–water partition coefficient (Wildman–Crippen LogP) is 6.25. The van der Waals surface area contributed by atoms with E-state index in [1.165, 1.54) is 51.4 Å². The monoisotopic (exact) mass is 423 g/mol. The van der Waals surface area contributed by atoms with Gasteiger partial charge in [-0.15, -0.1) is 0 Å². The summed E-state index contributed by atoms with van der Waals surface area (Å²) in [6, 6.07) is 2.10. The van der Waals surface area contributed by atoms with Gasteiger partial charge in [-0.1, -0.05) is 34.1 Å². The van der Waals surface area contributed by atoms with Gasteiger partial charge in [-0.25, -0.2) is 0 Å². The number of hydrogen-bond acceptors (Lipinski definition) is 3. The maximum absolute atomic E-state index is 13.3. The van der Waals surface area contributed by atoms with Crippen LogP contribution in [-0.2, 0) is 11.3 Å². The fraction of sp³-hybridized carbons (Fsp3) is 0.815. The lowest BCUT2D eigenvalue weighted by Gasteiger charge is -2.56. The van der Waals surface area contributed by atoms with E-state index in [1.54, 1.807) is 17.1 Å². The first-order valence-electron chi connectivity index (χ1n) is 12.9. The summed E-state index contributed by atoms with van der Waals surface area (Å²) in [7, 11) is 0. The van der Waals surface area contributed by atoms with Crippen molar-refractivity contribution in [3.63, 3.8) is 0 Å². The molecule has 1 aromatic rings. The van der Waals surface area contributed by atoms with Crippen molar-refractivity contribution < 1.29 is 4.79 Å². The van der Waals surface area contributed by atoms with Crippen molar-refractivity contribution in [3.05, 3.63) is 18.0 Å². The molecule has 1 aromatic heterocycles. The van der Waals surface area contributed by atoms with Gasteiger partial charge in [0.1, 0.15) is 6.07 Å². The van der Waals surface area contributed by atoms with Gasteiger partial charge in [-0.2, -0.15) is 10.4 Å². The first-order chi connectivity index (χ1) is 15.0. The molecule has 0 bridgehead atoms. The van der Waals surface area contributed by atoms with Gasteiger partial charge >= 0.3 is 0 Å². The van der Waals surface area contributed by atoms with E-state index in [1.807, 2.05) is 13.8 Å². The van der Waals surface area contributed by atoms with Crippen LogP contribution in [0.5, 0.6) is 0 Å². The molecular formula is C27H41N3O. The number of carbonyl (C=O) groups excluding carboxylic acids is 1. The zero-order valence-electron chi connectivity index (χ0n) is 20.0. The fourth-order valence-corrected chi connectivity index (χ4v) is 8.39. The van der Waals surface area contributed by atoms with Crippen molar-refractivity contribution in [1.29, 1.82) is 5.26 Å². The third kappa shape index (κ3) is 3.98. The summed E-state index contributed by atoms with van der Waals surface area (Å²) < 4.78 is 1.66. The summed E-state index contributed by atoms with van der Waals surface area (Å²) in [5, 5.41) is 13.2. The number of rotatable bonds is 3. The molecule has 0 N–H and O–H groups in total. The van der Waals surface area contributed by atoms with E-state index >= 15 is 0 Å². The van der Waals surface area contributed by atoms with Crippen molar-refractivity contribution in [3.8, 4) is 6.07 Å². The molecule has 4 fully saturated rings. The van der Waals surface area contributed by atoms with Crippen LogP contribution in [0.3, 0.4) is 0 Å². The second-order valence-corrected chi connectivity index (χ2v) is 11.0. The zero-order chi connectivity index (χ0) is 22.2. The zero-order valence-corrected chi connectivity index (χ0v) is 20.0. The Morgan fingerprint density at radius 3 is 2.65 bits per heavy atom. The third-order valence-corrected chi connectivity index (χ3v) is 9.69. The highest BCUT2D eigenvalue weighted by molar-refractivity contribution is 5.82. The summed E-state index contributed by atoms with van der Waals surface area (Å²) in [6.07, 6.45) is 15.3. The summed E-state index contributed by atoms with van der Waals surface area (Å²) in [6.45, 7) is 9.21. The molecule has 0 spiro atoms. The quantitative estimate of drug-likeness (QED) is 0.577. The highest BCUT2D eigenvalue weighted by atomic mass is 16.1. The minimum atomic E-state index is 0.173. The van der Waals surface area contributed by atoms with Crippen molar-refractivity contribution >= 4 is 5.78 Å². The molecule has 8 atom stereocenters. The predicted molar refractivity (Wildman–Crippen MR) is 123 cm³/mol. The van der Waals surface area contributed by atoms with Gasteiger partial charge in [-0.3, -0.25) is 9.48 Å². The van der Waals surface area contributed by atoms with Gasteiger partial charge in [0.2, 0.25) is 0 Å². The van der Waals surface area contributed by atoms with Crippen LogP contribution < -0.4 is 0 Å². The molecule has 4 aliphatic rings. The summed E-state index contributed by atoms with van der Waals surface area (Å²) in [5.41, 5.74) is 0.713. The van der Waals surface area contributed by atoms with Crippen LogP contribution in [0.15, 0.2) is 12.4 Å². The molecule has 0 aliphatic heterocycles. The summed E-state index contributed by atoms with van der Waals surface area (Å²) in [5.74, 6) is 5.92. The van der Waals surface area contributed by atoms with Crippen molar-refractivity contribution in [1.82, 2.24) is 9.78 Å². The molecular weight excluding hydrogens is 382 g/mol. The summed E-state index contributed by atoms with van der Waals surface area (Å²) in [4.78, 5) is 13.3. The molecule has 0 radical (unpaired) electrons. The largest absolute Gasteiger partial charge is 0.297 e. The molecule has 0 amide bonds. The van der Waals surface area contributed by atoms with Gasteiger partial charge in [-0.05, 0) is 92.3 Å². The Hall–Kier alpha value is -1.63. The molecule has 4 heteroatoms. The van der Waals surface area contributed by atoms with Crippen LogP contribution in [0.4, 0.5) is 0 Å². The first kappa shape index (κ1) is 22.6. The van der Waals surface area contributed by atoms with Gasteiger partial charge < -0.3 is 0 Å². The number of fused-ring (bicyclic) bond motifs is 5. The number of carbonyl (C=O) groups is 1.